The number of halogens is 1. The summed E-state index contributed by atoms with van der Waals surface area (Å²) in [6.07, 6.45) is 3.18. The zero-order valence-corrected chi connectivity index (χ0v) is 17.1. The van der Waals surface area contributed by atoms with Gasteiger partial charge in [-0.15, -0.1) is 0 Å². The van der Waals surface area contributed by atoms with Gasteiger partial charge in [-0.3, -0.25) is 0 Å². The second kappa shape index (κ2) is 9.58. The summed E-state index contributed by atoms with van der Waals surface area (Å²) in [4.78, 5) is 17.0. The standard InChI is InChI=1S/C20H21ClN2O2.C2H6/c1-4-15(11-14(2)21)18-12-16-5-6-17(13-19(16)25-20(18)24)23-9-7-22(3)8-10-23;1-2/h4-6,11-13H,1-2,7-10H2,3H3;1-2H3/b15-11+;. The van der Waals surface area contributed by atoms with Gasteiger partial charge in [0.05, 0.1) is 5.56 Å². The number of hydrogen-bond donors (Lipinski definition) is 0. The minimum atomic E-state index is -0.410. The molecule has 27 heavy (non-hydrogen) atoms. The number of piperazine rings is 1. The predicted octanol–water partition coefficient (Wildman–Crippen LogP) is 4.89. The lowest BCUT2D eigenvalue weighted by Gasteiger charge is -2.34. The highest BCUT2D eigenvalue weighted by Gasteiger charge is 2.15. The van der Waals surface area contributed by atoms with Crippen LogP contribution in [0.5, 0.6) is 0 Å². The Hall–Kier alpha value is -2.30. The average molecular weight is 387 g/mol. The largest absolute Gasteiger partial charge is 0.422 e. The first-order chi connectivity index (χ1) is 13.0. The first kappa shape index (κ1) is 21.0. The second-order valence-electron chi connectivity index (χ2n) is 6.21. The highest BCUT2D eigenvalue weighted by molar-refractivity contribution is 6.31. The molecular formula is C22H27ClN2O2. The summed E-state index contributed by atoms with van der Waals surface area (Å²) in [5.41, 5.74) is 2.27. The number of fused-ring (bicyclic) bond motifs is 1. The van der Waals surface area contributed by atoms with E-state index < -0.39 is 5.63 Å². The van der Waals surface area contributed by atoms with Crippen LogP contribution in [0.3, 0.4) is 0 Å². The molecular weight excluding hydrogens is 360 g/mol. The van der Waals surface area contributed by atoms with Gasteiger partial charge in [-0.1, -0.05) is 44.7 Å². The van der Waals surface area contributed by atoms with E-state index in [1.165, 1.54) is 0 Å². The Kier molecular flexibility index (Phi) is 7.45. The van der Waals surface area contributed by atoms with Crippen molar-refractivity contribution in [3.63, 3.8) is 0 Å². The first-order valence-electron chi connectivity index (χ1n) is 9.18. The number of anilines is 1. The van der Waals surface area contributed by atoms with E-state index >= 15 is 0 Å². The van der Waals surface area contributed by atoms with Crippen LogP contribution < -0.4 is 10.5 Å². The van der Waals surface area contributed by atoms with Gasteiger partial charge in [-0.05, 0) is 36.9 Å². The summed E-state index contributed by atoms with van der Waals surface area (Å²) in [7, 11) is 2.12. The smallest absolute Gasteiger partial charge is 0.344 e. The van der Waals surface area contributed by atoms with E-state index in [-0.39, 0.29) is 0 Å². The van der Waals surface area contributed by atoms with Gasteiger partial charge in [0, 0.05) is 48.4 Å². The van der Waals surface area contributed by atoms with Gasteiger partial charge in [-0.25, -0.2) is 4.79 Å². The molecule has 0 aliphatic carbocycles. The molecule has 0 atom stereocenters. The van der Waals surface area contributed by atoms with E-state index in [4.69, 9.17) is 16.0 Å². The third kappa shape index (κ3) is 5.12. The van der Waals surface area contributed by atoms with Gasteiger partial charge in [0.1, 0.15) is 5.58 Å². The van der Waals surface area contributed by atoms with Crippen molar-refractivity contribution >= 4 is 33.8 Å². The minimum absolute atomic E-state index is 0.333. The molecule has 1 aromatic carbocycles. The van der Waals surface area contributed by atoms with Crippen LogP contribution in [0.4, 0.5) is 5.69 Å². The van der Waals surface area contributed by atoms with Crippen LogP contribution in [-0.2, 0) is 0 Å². The van der Waals surface area contributed by atoms with Crippen LogP contribution in [0.15, 0.2) is 63.8 Å². The summed E-state index contributed by atoms with van der Waals surface area (Å²) in [5.74, 6) is 0. The molecule has 5 heteroatoms. The van der Waals surface area contributed by atoms with Crippen molar-refractivity contribution in [2.45, 2.75) is 13.8 Å². The van der Waals surface area contributed by atoms with Crippen molar-refractivity contribution in [3.05, 3.63) is 70.6 Å². The van der Waals surface area contributed by atoms with E-state index in [0.717, 1.165) is 37.3 Å². The average Bonchev–Trinajstić information content (AvgIpc) is 2.67. The Morgan fingerprint density at radius 2 is 1.85 bits per heavy atom. The summed E-state index contributed by atoms with van der Waals surface area (Å²) >= 11 is 5.83. The van der Waals surface area contributed by atoms with Crippen molar-refractivity contribution < 1.29 is 4.42 Å². The Balaban J connectivity index is 0.00000126. The molecule has 0 bridgehead atoms. The topological polar surface area (TPSA) is 36.7 Å². The summed E-state index contributed by atoms with van der Waals surface area (Å²) in [5, 5.41) is 1.19. The summed E-state index contributed by atoms with van der Waals surface area (Å²) in [6.45, 7) is 15.3. The molecule has 144 valence electrons. The number of nitrogens with zero attached hydrogens (tertiary/aromatic N) is 2. The number of benzene rings is 1. The van der Waals surface area contributed by atoms with Gasteiger partial charge >= 0.3 is 5.63 Å². The van der Waals surface area contributed by atoms with Crippen LogP contribution in [-0.4, -0.2) is 38.1 Å². The monoisotopic (exact) mass is 386 g/mol. The molecule has 0 spiro atoms. The van der Waals surface area contributed by atoms with E-state index in [1.54, 1.807) is 12.2 Å². The molecule has 1 saturated heterocycles. The lowest BCUT2D eigenvalue weighted by Crippen LogP contribution is -2.44. The SMILES string of the molecule is C=C/C(=C\C(=C)Cl)c1cc2ccc(N3CCN(C)CC3)cc2oc1=O.CC. The fraction of sp³-hybridized carbons (Fsp3) is 0.318. The fourth-order valence-corrected chi connectivity index (χ4v) is 3.10. The Labute approximate surface area is 166 Å². The van der Waals surface area contributed by atoms with Crippen LogP contribution >= 0.6 is 11.6 Å². The quantitative estimate of drug-likeness (QED) is 0.553. The molecule has 4 nitrogen and oxygen atoms in total. The Morgan fingerprint density at radius 1 is 1.19 bits per heavy atom. The molecule has 0 unspecified atom stereocenters. The highest BCUT2D eigenvalue weighted by Crippen LogP contribution is 2.25. The van der Waals surface area contributed by atoms with Gasteiger partial charge in [-0.2, -0.15) is 0 Å². The summed E-state index contributed by atoms with van der Waals surface area (Å²) in [6, 6.07) is 7.78. The molecule has 0 N–H and O–H groups in total. The van der Waals surface area contributed by atoms with Gasteiger partial charge in [0.2, 0.25) is 0 Å². The predicted molar refractivity (Wildman–Crippen MR) is 117 cm³/mol. The minimum Gasteiger partial charge on any atom is -0.422 e. The lowest BCUT2D eigenvalue weighted by molar-refractivity contribution is 0.313. The maximum Gasteiger partial charge on any atom is 0.344 e. The zero-order chi connectivity index (χ0) is 20.0. The van der Waals surface area contributed by atoms with E-state index in [9.17, 15) is 4.79 Å². The molecule has 1 fully saturated rings. The molecule has 0 radical (unpaired) electrons. The Bertz CT molecular complexity index is 906. The van der Waals surface area contributed by atoms with Crippen LogP contribution in [0.2, 0.25) is 0 Å². The number of allylic oxidation sites excluding steroid dienone is 4. The summed E-state index contributed by atoms with van der Waals surface area (Å²) < 4.78 is 5.56. The maximum absolute atomic E-state index is 12.4. The Morgan fingerprint density at radius 3 is 2.44 bits per heavy atom. The number of hydrogen-bond acceptors (Lipinski definition) is 4. The van der Waals surface area contributed by atoms with Gasteiger partial charge in [0.15, 0.2) is 0 Å². The normalized spacial score (nSPS) is 15.3. The third-order valence-corrected chi connectivity index (χ3v) is 4.54. The molecule has 1 aromatic heterocycles. The zero-order valence-electron chi connectivity index (χ0n) is 16.3. The molecule has 0 saturated carbocycles. The highest BCUT2D eigenvalue weighted by atomic mass is 35.5. The molecule has 1 aliphatic rings. The number of rotatable bonds is 4. The number of likely N-dealkylation sites (N-methyl/N-ethyl adjacent to an activating group) is 1. The lowest BCUT2D eigenvalue weighted by atomic mass is 10.1. The van der Waals surface area contributed by atoms with E-state index in [1.807, 2.05) is 32.0 Å². The van der Waals surface area contributed by atoms with Crippen molar-refractivity contribution in [1.29, 1.82) is 0 Å². The molecule has 2 heterocycles. The van der Waals surface area contributed by atoms with Crippen molar-refractivity contribution in [2.75, 3.05) is 38.1 Å². The molecule has 2 aromatic rings. The second-order valence-corrected chi connectivity index (χ2v) is 6.70. The van der Waals surface area contributed by atoms with Gasteiger partial charge in [0.25, 0.3) is 0 Å². The van der Waals surface area contributed by atoms with Crippen molar-refractivity contribution in [3.8, 4) is 0 Å². The van der Waals surface area contributed by atoms with Crippen LogP contribution in [0.25, 0.3) is 16.5 Å². The maximum atomic E-state index is 12.4. The van der Waals surface area contributed by atoms with Crippen molar-refractivity contribution in [2.24, 2.45) is 0 Å². The molecule has 3 rings (SSSR count). The van der Waals surface area contributed by atoms with Crippen LogP contribution in [0, 0.1) is 0 Å². The first-order valence-corrected chi connectivity index (χ1v) is 9.56. The molecule has 0 amide bonds. The van der Waals surface area contributed by atoms with Gasteiger partial charge < -0.3 is 14.2 Å². The van der Waals surface area contributed by atoms with Crippen LogP contribution in [0.1, 0.15) is 19.4 Å². The van der Waals surface area contributed by atoms with E-state index in [0.29, 0.717) is 21.8 Å². The van der Waals surface area contributed by atoms with Crippen molar-refractivity contribution in [1.82, 2.24) is 4.90 Å². The molecule has 1 aliphatic heterocycles. The van der Waals surface area contributed by atoms with E-state index in [2.05, 4.69) is 36.1 Å². The third-order valence-electron chi connectivity index (χ3n) is 4.43. The fourth-order valence-electron chi connectivity index (χ4n) is 2.98.